The molecule has 2 aliphatic heterocycles. The van der Waals surface area contributed by atoms with Crippen LogP contribution in [-0.4, -0.2) is 68.0 Å². The average Bonchev–Trinajstić information content (AvgIpc) is 3.72. The third-order valence-electron chi connectivity index (χ3n) is 11.4. The van der Waals surface area contributed by atoms with Gasteiger partial charge in [-0.25, -0.2) is 23.0 Å². The summed E-state index contributed by atoms with van der Waals surface area (Å²) in [6.07, 6.45) is -0.566. The molecule has 1 aromatic heterocycles. The van der Waals surface area contributed by atoms with E-state index in [1.165, 1.54) is 7.11 Å². The molecule has 8 rings (SSSR count). The number of nitrogens with zero attached hydrogens (tertiary/aromatic N) is 3. The maximum atomic E-state index is 14.8. The van der Waals surface area contributed by atoms with Crippen molar-refractivity contribution in [1.82, 2.24) is 19.9 Å². The lowest BCUT2D eigenvalue weighted by Crippen LogP contribution is -2.56. The van der Waals surface area contributed by atoms with Crippen molar-refractivity contribution in [3.8, 4) is 34.4 Å². The van der Waals surface area contributed by atoms with E-state index in [0.717, 1.165) is 37.9 Å². The van der Waals surface area contributed by atoms with E-state index in [4.69, 9.17) is 42.1 Å². The Kier molecular flexibility index (Phi) is 14.5. The van der Waals surface area contributed by atoms with E-state index >= 15 is 0 Å². The number of urea groups is 1. The van der Waals surface area contributed by atoms with E-state index in [1.54, 1.807) is 50.2 Å². The van der Waals surface area contributed by atoms with E-state index in [0.29, 0.717) is 56.1 Å². The summed E-state index contributed by atoms with van der Waals surface area (Å²) in [5, 5.41) is 17.8. The van der Waals surface area contributed by atoms with Gasteiger partial charge in [-0.05, 0) is 108 Å². The summed E-state index contributed by atoms with van der Waals surface area (Å²) in [6, 6.07) is 29.7. The zero-order valence-electron chi connectivity index (χ0n) is 36.9. The Bertz CT molecular complexity index is 3020. The first-order valence-electron chi connectivity index (χ1n) is 21.4. The van der Waals surface area contributed by atoms with Crippen molar-refractivity contribution < 1.29 is 41.7 Å². The molecule has 0 saturated carbocycles. The molecule has 3 N–H and O–H groups in total. The highest BCUT2D eigenvalue weighted by Crippen LogP contribution is 2.42. The molecule has 19 heteroatoms. The number of rotatable bonds is 14. The Morgan fingerprint density at radius 2 is 1.62 bits per heavy atom. The zero-order valence-corrected chi connectivity index (χ0v) is 40.0. The van der Waals surface area contributed by atoms with Crippen LogP contribution in [0.1, 0.15) is 51.3 Å². The van der Waals surface area contributed by atoms with Gasteiger partial charge >= 0.3 is 12.0 Å². The van der Waals surface area contributed by atoms with Crippen LogP contribution < -0.4 is 30.2 Å². The van der Waals surface area contributed by atoms with Gasteiger partial charge in [-0.1, -0.05) is 77.8 Å². The highest BCUT2D eigenvalue weighted by atomic mass is 35.5. The SMILES string of the molecule is CCNC(=O)Nc1nc(S(=O)(=O)N2Cc3cc4c(cc3C[C@H]2C(=O)NC(Cc2ccc(-c3ccc(C#N)cc3)cc2)C(=O)OC)OC[C@H](c2ccc(OCc3ccc(Cl)c(Cl)c3)cc2)O4)c(C)s1. The number of benzene rings is 5. The first-order chi connectivity index (χ1) is 32.7. The number of aryl methyl sites for hydroxylation is 1. The van der Waals surface area contributed by atoms with Gasteiger partial charge in [0.1, 0.15) is 31.0 Å². The molecule has 0 saturated heterocycles. The van der Waals surface area contributed by atoms with Gasteiger partial charge in [-0.3, -0.25) is 10.1 Å². The molecular formula is C49H44Cl2N6O9S2. The van der Waals surface area contributed by atoms with Crippen LogP contribution in [0.4, 0.5) is 9.93 Å². The lowest BCUT2D eigenvalue weighted by atomic mass is 9.93. The van der Waals surface area contributed by atoms with Gasteiger partial charge in [-0.15, -0.1) is 11.3 Å². The molecule has 3 amide bonds. The third kappa shape index (κ3) is 10.7. The van der Waals surface area contributed by atoms with Crippen molar-refractivity contribution in [3.63, 3.8) is 0 Å². The maximum absolute atomic E-state index is 14.8. The number of carbonyl (C=O) groups is 3. The smallest absolute Gasteiger partial charge is 0.328 e. The standard InChI is InChI=1S/C49H44Cl2N6O9S2/c1-4-53-48(60)56-49-55-46(28(2)67-49)68(61,62)57-25-36-23-43-42(65-27-44(66-43)34-14-16-37(17-15-34)64-26-31-9-18-38(50)39(51)19-31)22-35(36)21-41(57)45(58)54-40(47(59)63-3)20-29-5-10-32(11-6-29)33-12-7-30(24-52)8-13-33/h5-19,22-23,40-41,44H,4,20-21,25-27H2,1-3H3,(H,54,58)(H2,53,55,56,60)/t40?,41-,44+/m0/s1. The first kappa shape index (κ1) is 47.8. The number of thiazole rings is 1. The lowest BCUT2D eigenvalue weighted by Gasteiger charge is -2.36. The molecule has 0 aliphatic carbocycles. The third-order valence-corrected chi connectivity index (χ3v) is 15.0. The predicted molar refractivity (Wildman–Crippen MR) is 257 cm³/mol. The Balaban J connectivity index is 1.04. The highest BCUT2D eigenvalue weighted by molar-refractivity contribution is 7.89. The first-order valence-corrected chi connectivity index (χ1v) is 24.4. The van der Waals surface area contributed by atoms with Crippen molar-refractivity contribution in [1.29, 1.82) is 5.26 Å². The van der Waals surface area contributed by atoms with Crippen LogP contribution in [0.3, 0.4) is 0 Å². The minimum Gasteiger partial charge on any atom is -0.489 e. The number of nitrogens with one attached hydrogen (secondary N) is 3. The van der Waals surface area contributed by atoms with Gasteiger partial charge in [0.2, 0.25) is 5.91 Å². The second-order valence-corrected chi connectivity index (χ2v) is 19.7. The molecule has 0 spiro atoms. The Morgan fingerprint density at radius 3 is 2.29 bits per heavy atom. The lowest BCUT2D eigenvalue weighted by molar-refractivity contribution is -0.145. The maximum Gasteiger partial charge on any atom is 0.328 e. The summed E-state index contributed by atoms with van der Waals surface area (Å²) >= 11 is 13.2. The van der Waals surface area contributed by atoms with E-state index in [2.05, 4.69) is 27.0 Å². The number of carbonyl (C=O) groups excluding carboxylic acids is 3. The molecule has 350 valence electrons. The Morgan fingerprint density at radius 1 is 0.926 bits per heavy atom. The number of fused-ring (bicyclic) bond motifs is 2. The fraction of sp³-hybridized carbons (Fsp3) is 0.245. The monoisotopic (exact) mass is 994 g/mol. The van der Waals surface area contributed by atoms with Gasteiger partial charge in [0, 0.05) is 24.4 Å². The van der Waals surface area contributed by atoms with Gasteiger partial charge in [0.15, 0.2) is 27.8 Å². The molecule has 3 atom stereocenters. The topological polar surface area (TPSA) is 198 Å². The molecule has 2 aliphatic rings. The van der Waals surface area contributed by atoms with E-state index in [9.17, 15) is 28.1 Å². The van der Waals surface area contributed by atoms with Crippen molar-refractivity contribution in [3.05, 3.63) is 151 Å². The summed E-state index contributed by atoms with van der Waals surface area (Å²) in [5.74, 6) is -0.0336. The quantitative estimate of drug-likeness (QED) is 0.0884. The number of halogens is 2. The predicted octanol–water partition coefficient (Wildman–Crippen LogP) is 8.55. The minimum atomic E-state index is -4.55. The Labute approximate surface area is 407 Å². The van der Waals surface area contributed by atoms with Crippen LogP contribution >= 0.6 is 34.5 Å². The van der Waals surface area contributed by atoms with Crippen LogP contribution in [0.25, 0.3) is 11.1 Å². The number of hydrogen-bond donors (Lipinski definition) is 3. The molecule has 0 radical (unpaired) electrons. The number of methoxy groups -OCH3 is 1. The van der Waals surface area contributed by atoms with Crippen LogP contribution in [0.5, 0.6) is 17.2 Å². The number of amides is 3. The molecule has 15 nitrogen and oxygen atoms in total. The van der Waals surface area contributed by atoms with Gasteiger partial charge < -0.3 is 29.6 Å². The number of aromatic nitrogens is 1. The molecule has 3 heterocycles. The fourth-order valence-electron chi connectivity index (χ4n) is 7.84. The van der Waals surface area contributed by atoms with Crippen LogP contribution in [-0.2, 0) is 50.3 Å². The number of hydrogen-bond acceptors (Lipinski definition) is 12. The summed E-state index contributed by atoms with van der Waals surface area (Å²) in [5.41, 5.74) is 5.88. The van der Waals surface area contributed by atoms with Crippen molar-refractivity contribution in [2.45, 2.75) is 63.1 Å². The highest BCUT2D eigenvalue weighted by Gasteiger charge is 2.43. The molecule has 6 aromatic rings. The molecule has 1 unspecified atom stereocenters. The second-order valence-electron chi connectivity index (χ2n) is 15.9. The summed E-state index contributed by atoms with van der Waals surface area (Å²) < 4.78 is 54.4. The van der Waals surface area contributed by atoms with Gasteiger partial charge in [-0.2, -0.15) is 9.57 Å². The normalized spacial score (nSPS) is 15.8. The Hall–Kier alpha value is -6.68. The molecule has 0 bridgehead atoms. The van der Waals surface area contributed by atoms with Gasteiger partial charge in [0.05, 0.1) is 28.8 Å². The van der Waals surface area contributed by atoms with E-state index < -0.39 is 46.1 Å². The van der Waals surface area contributed by atoms with Crippen LogP contribution in [0.15, 0.2) is 108 Å². The fourth-order valence-corrected chi connectivity index (χ4v) is 11.0. The van der Waals surface area contributed by atoms with E-state index in [1.807, 2.05) is 66.7 Å². The summed E-state index contributed by atoms with van der Waals surface area (Å²) in [7, 11) is -3.34. The molecule has 5 aromatic carbocycles. The van der Waals surface area contributed by atoms with Crippen molar-refractivity contribution in [2.24, 2.45) is 0 Å². The summed E-state index contributed by atoms with van der Waals surface area (Å²) in [4.78, 5) is 44.8. The largest absolute Gasteiger partial charge is 0.489 e. The zero-order chi connectivity index (χ0) is 48.1. The summed E-state index contributed by atoms with van der Waals surface area (Å²) in [6.45, 7) is 3.83. The number of nitriles is 1. The number of anilines is 1. The number of ether oxygens (including phenoxy) is 4. The molecular weight excluding hydrogens is 952 g/mol. The van der Waals surface area contributed by atoms with Crippen LogP contribution in [0.2, 0.25) is 10.0 Å². The van der Waals surface area contributed by atoms with Crippen molar-refractivity contribution >= 4 is 67.6 Å². The average molecular weight is 996 g/mol. The van der Waals surface area contributed by atoms with Gasteiger partial charge in [0.25, 0.3) is 10.0 Å². The number of sulfonamides is 1. The molecule has 0 fully saturated rings. The minimum absolute atomic E-state index is 0.0382. The van der Waals surface area contributed by atoms with Crippen LogP contribution in [0, 0.1) is 18.3 Å². The number of esters is 1. The second kappa shape index (κ2) is 20.7. The molecule has 68 heavy (non-hydrogen) atoms. The van der Waals surface area contributed by atoms with E-state index in [-0.39, 0.29) is 47.6 Å². The van der Waals surface area contributed by atoms with Crippen molar-refractivity contribution in [2.75, 3.05) is 25.6 Å².